The van der Waals surface area contributed by atoms with Crippen LogP contribution >= 0.6 is 0 Å². The van der Waals surface area contributed by atoms with E-state index in [0.717, 1.165) is 49.2 Å². The fourth-order valence-electron chi connectivity index (χ4n) is 4.94. The number of likely N-dealkylation sites (N-methyl/N-ethyl adjacent to an activating group) is 1. The second-order valence-electron chi connectivity index (χ2n) is 9.44. The molecule has 2 aromatic rings. The Morgan fingerprint density at radius 1 is 1.18 bits per heavy atom. The van der Waals surface area contributed by atoms with E-state index < -0.39 is 5.54 Å². The normalized spacial score (nSPS) is 22.3. The van der Waals surface area contributed by atoms with Crippen LogP contribution in [0.5, 0.6) is 5.75 Å². The Bertz CT molecular complexity index is 1050. The van der Waals surface area contributed by atoms with Gasteiger partial charge in [-0.2, -0.15) is 4.98 Å². The van der Waals surface area contributed by atoms with Crippen molar-refractivity contribution in [1.82, 2.24) is 19.8 Å². The van der Waals surface area contributed by atoms with Crippen LogP contribution in [0.15, 0.2) is 30.5 Å². The van der Waals surface area contributed by atoms with Crippen LogP contribution in [0, 0.1) is 0 Å². The SMILES string of the molecule is CN(C)CCOc1ccc(Nc2ncc3c(n2)NC2(CC(=O)N(C4CCCC4)C2=O)C3)cc1. The molecule has 33 heavy (non-hydrogen) atoms. The number of fused-ring (bicyclic) bond motifs is 1. The number of imide groups is 1. The van der Waals surface area contributed by atoms with Gasteiger partial charge in [-0.3, -0.25) is 14.5 Å². The van der Waals surface area contributed by atoms with Crippen molar-refractivity contribution < 1.29 is 14.3 Å². The van der Waals surface area contributed by atoms with Crippen molar-refractivity contribution in [2.45, 2.75) is 50.1 Å². The molecule has 0 radical (unpaired) electrons. The Hall–Kier alpha value is -3.20. The summed E-state index contributed by atoms with van der Waals surface area (Å²) >= 11 is 0. The number of benzene rings is 1. The Morgan fingerprint density at radius 2 is 1.94 bits per heavy atom. The summed E-state index contributed by atoms with van der Waals surface area (Å²) < 4.78 is 5.73. The van der Waals surface area contributed by atoms with Crippen LogP contribution < -0.4 is 15.4 Å². The summed E-state index contributed by atoms with van der Waals surface area (Å²) in [6.07, 6.45) is 6.33. The summed E-state index contributed by atoms with van der Waals surface area (Å²) in [5.41, 5.74) is 0.780. The van der Waals surface area contributed by atoms with Crippen LogP contribution in [0.4, 0.5) is 17.5 Å². The molecule has 174 valence electrons. The van der Waals surface area contributed by atoms with Gasteiger partial charge in [-0.05, 0) is 51.2 Å². The second-order valence-corrected chi connectivity index (χ2v) is 9.44. The highest BCUT2D eigenvalue weighted by Crippen LogP contribution is 2.41. The van der Waals surface area contributed by atoms with Gasteiger partial charge in [0.25, 0.3) is 5.91 Å². The smallest absolute Gasteiger partial charge is 0.256 e. The van der Waals surface area contributed by atoms with E-state index in [0.29, 0.717) is 24.8 Å². The average molecular weight is 451 g/mol. The maximum absolute atomic E-state index is 13.3. The number of amides is 2. The van der Waals surface area contributed by atoms with E-state index in [1.807, 2.05) is 38.4 Å². The van der Waals surface area contributed by atoms with Crippen LogP contribution in [0.3, 0.4) is 0 Å². The number of anilines is 3. The lowest BCUT2D eigenvalue weighted by molar-refractivity contribution is -0.142. The molecular formula is C24H30N6O3. The molecule has 3 heterocycles. The van der Waals surface area contributed by atoms with E-state index in [1.165, 1.54) is 4.90 Å². The maximum Gasteiger partial charge on any atom is 0.256 e. The highest BCUT2D eigenvalue weighted by atomic mass is 16.5. The molecule has 2 aliphatic heterocycles. The van der Waals surface area contributed by atoms with E-state index in [9.17, 15) is 9.59 Å². The first-order valence-electron chi connectivity index (χ1n) is 11.6. The first-order chi connectivity index (χ1) is 15.9. The molecule has 1 aromatic heterocycles. The number of likely N-dealkylation sites (tertiary alicyclic amines) is 1. The van der Waals surface area contributed by atoms with Gasteiger partial charge in [0.15, 0.2) is 0 Å². The Labute approximate surface area is 193 Å². The predicted molar refractivity (Wildman–Crippen MR) is 125 cm³/mol. The van der Waals surface area contributed by atoms with E-state index in [2.05, 4.69) is 25.5 Å². The van der Waals surface area contributed by atoms with E-state index in [4.69, 9.17) is 4.74 Å². The molecule has 1 saturated heterocycles. The van der Waals surface area contributed by atoms with Gasteiger partial charge in [-0.1, -0.05) is 12.8 Å². The average Bonchev–Trinajstić information content (AvgIpc) is 3.47. The highest BCUT2D eigenvalue weighted by molar-refractivity contribution is 6.11. The maximum atomic E-state index is 13.3. The fraction of sp³-hybridized carbons (Fsp3) is 0.500. The molecule has 0 bridgehead atoms. The molecule has 1 aromatic carbocycles. The molecule has 2 N–H and O–H groups in total. The standard InChI is InChI=1S/C24H30N6O3/c1-29(2)11-12-33-19-9-7-17(8-10-19)26-23-25-15-16-13-24(28-21(16)27-23)14-20(31)30(22(24)32)18-5-3-4-6-18/h7-10,15,18H,3-6,11-14H2,1-2H3,(H2,25,26,27,28). The van der Waals surface area contributed by atoms with Crippen LogP contribution in [-0.2, 0) is 16.0 Å². The van der Waals surface area contributed by atoms with Crippen molar-refractivity contribution in [2.75, 3.05) is 37.9 Å². The lowest BCUT2D eigenvalue weighted by atomic mass is 9.94. The third kappa shape index (κ3) is 4.25. The number of aromatic nitrogens is 2. The minimum atomic E-state index is -0.916. The van der Waals surface area contributed by atoms with Crippen molar-refractivity contribution in [3.05, 3.63) is 36.0 Å². The summed E-state index contributed by atoms with van der Waals surface area (Å²) in [7, 11) is 4.02. The summed E-state index contributed by atoms with van der Waals surface area (Å²) in [5.74, 6) is 1.66. The van der Waals surface area contributed by atoms with Gasteiger partial charge >= 0.3 is 0 Å². The third-order valence-electron chi connectivity index (χ3n) is 6.67. The zero-order chi connectivity index (χ0) is 23.0. The van der Waals surface area contributed by atoms with Crippen molar-refractivity contribution in [1.29, 1.82) is 0 Å². The molecule has 9 heteroatoms. The summed E-state index contributed by atoms with van der Waals surface area (Å²) in [6.45, 7) is 1.48. The first kappa shape index (κ1) is 21.6. The molecule has 5 rings (SSSR count). The third-order valence-corrected chi connectivity index (χ3v) is 6.67. The number of nitrogens with one attached hydrogen (secondary N) is 2. The van der Waals surface area contributed by atoms with Gasteiger partial charge in [0.2, 0.25) is 11.9 Å². The molecule has 1 aliphatic carbocycles. The predicted octanol–water partition coefficient (Wildman–Crippen LogP) is 2.57. The van der Waals surface area contributed by atoms with Crippen molar-refractivity contribution in [3.63, 3.8) is 0 Å². The van der Waals surface area contributed by atoms with Gasteiger partial charge < -0.3 is 20.3 Å². The number of hydrogen-bond acceptors (Lipinski definition) is 8. The van der Waals surface area contributed by atoms with E-state index in [1.54, 1.807) is 6.20 Å². The Balaban J connectivity index is 1.25. The monoisotopic (exact) mass is 450 g/mol. The number of nitrogens with zero attached hydrogens (tertiary/aromatic N) is 4. The Kier molecular flexibility index (Phi) is 5.65. The lowest BCUT2D eigenvalue weighted by Crippen LogP contribution is -2.48. The lowest BCUT2D eigenvalue weighted by Gasteiger charge is -2.25. The van der Waals surface area contributed by atoms with Gasteiger partial charge in [0, 0.05) is 36.5 Å². The molecule has 9 nitrogen and oxygen atoms in total. The molecule has 3 aliphatic rings. The summed E-state index contributed by atoms with van der Waals surface area (Å²) in [4.78, 5) is 38.6. The molecule has 2 amide bonds. The number of carbonyl (C=O) groups is 2. The molecule has 1 saturated carbocycles. The quantitative estimate of drug-likeness (QED) is 0.621. The number of rotatable bonds is 7. The number of carbonyl (C=O) groups excluding carboxylic acids is 2. The van der Waals surface area contributed by atoms with Crippen molar-refractivity contribution >= 4 is 29.3 Å². The highest BCUT2D eigenvalue weighted by Gasteiger charge is 2.56. The van der Waals surface area contributed by atoms with Gasteiger partial charge in [0.1, 0.15) is 23.7 Å². The van der Waals surface area contributed by atoms with Gasteiger partial charge in [-0.25, -0.2) is 4.98 Å². The summed E-state index contributed by atoms with van der Waals surface area (Å²) in [5, 5.41) is 6.48. The molecule has 2 fully saturated rings. The van der Waals surface area contributed by atoms with Gasteiger partial charge in [-0.15, -0.1) is 0 Å². The van der Waals surface area contributed by atoms with Gasteiger partial charge in [0.05, 0.1) is 6.42 Å². The van der Waals surface area contributed by atoms with Crippen molar-refractivity contribution in [2.24, 2.45) is 0 Å². The minimum Gasteiger partial charge on any atom is -0.492 e. The zero-order valence-corrected chi connectivity index (χ0v) is 19.1. The number of hydrogen-bond donors (Lipinski definition) is 2. The van der Waals surface area contributed by atoms with Crippen LogP contribution in [-0.4, -0.2) is 70.4 Å². The summed E-state index contributed by atoms with van der Waals surface area (Å²) in [6, 6.07) is 7.68. The Morgan fingerprint density at radius 3 is 2.67 bits per heavy atom. The molecule has 1 unspecified atom stereocenters. The van der Waals surface area contributed by atoms with Crippen LogP contribution in [0.25, 0.3) is 0 Å². The minimum absolute atomic E-state index is 0.0491. The largest absolute Gasteiger partial charge is 0.492 e. The fourth-order valence-corrected chi connectivity index (χ4v) is 4.94. The number of ether oxygens (including phenoxy) is 1. The molecular weight excluding hydrogens is 420 g/mol. The van der Waals surface area contributed by atoms with Crippen LogP contribution in [0.2, 0.25) is 0 Å². The second kappa shape index (κ2) is 8.62. The topological polar surface area (TPSA) is 99.7 Å². The van der Waals surface area contributed by atoms with Crippen molar-refractivity contribution in [3.8, 4) is 5.75 Å². The first-order valence-corrected chi connectivity index (χ1v) is 11.6. The van der Waals surface area contributed by atoms with E-state index in [-0.39, 0.29) is 24.3 Å². The van der Waals surface area contributed by atoms with Crippen LogP contribution in [0.1, 0.15) is 37.7 Å². The van der Waals surface area contributed by atoms with E-state index >= 15 is 0 Å². The molecule has 1 atom stereocenters. The molecule has 1 spiro atoms. The zero-order valence-electron chi connectivity index (χ0n) is 19.1.